The van der Waals surface area contributed by atoms with Gasteiger partial charge in [0.1, 0.15) is 0 Å². The van der Waals surface area contributed by atoms with Gasteiger partial charge in [-0.1, -0.05) is 30.3 Å². The monoisotopic (exact) mass is 303 g/mol. The van der Waals surface area contributed by atoms with Crippen molar-refractivity contribution >= 4 is 6.03 Å². The third-order valence-electron chi connectivity index (χ3n) is 4.37. The number of benzene rings is 1. The van der Waals surface area contributed by atoms with Crippen LogP contribution in [0.3, 0.4) is 0 Å². The van der Waals surface area contributed by atoms with Crippen LogP contribution in [0.5, 0.6) is 0 Å². The van der Waals surface area contributed by atoms with E-state index in [1.807, 2.05) is 6.07 Å². The van der Waals surface area contributed by atoms with Gasteiger partial charge in [0, 0.05) is 26.2 Å². The molecule has 5 heteroatoms. The minimum absolute atomic E-state index is 0.0545. The Bertz CT molecular complexity index is 470. The molecule has 0 aromatic heterocycles. The van der Waals surface area contributed by atoms with Crippen molar-refractivity contribution in [3.63, 3.8) is 0 Å². The number of carbonyl (C=O) groups is 1. The summed E-state index contributed by atoms with van der Waals surface area (Å²) < 4.78 is 5.44. The molecule has 1 atom stereocenters. The van der Waals surface area contributed by atoms with Gasteiger partial charge in [0.2, 0.25) is 0 Å². The lowest BCUT2D eigenvalue weighted by Gasteiger charge is -2.34. The molecular weight excluding hydrogens is 278 g/mol. The second kappa shape index (κ2) is 7.61. The summed E-state index contributed by atoms with van der Waals surface area (Å²) in [5.41, 5.74) is 1.24. The average Bonchev–Trinajstić information content (AvgIpc) is 3.39. The molecule has 3 rings (SSSR count). The van der Waals surface area contributed by atoms with Crippen molar-refractivity contribution in [1.82, 2.24) is 15.5 Å². The van der Waals surface area contributed by atoms with Crippen LogP contribution in [0.4, 0.5) is 4.79 Å². The van der Waals surface area contributed by atoms with Gasteiger partial charge in [0.05, 0.1) is 19.3 Å². The topological polar surface area (TPSA) is 53.6 Å². The summed E-state index contributed by atoms with van der Waals surface area (Å²) >= 11 is 0. The Morgan fingerprint density at radius 3 is 2.59 bits per heavy atom. The van der Waals surface area contributed by atoms with Crippen LogP contribution in [0.25, 0.3) is 0 Å². The molecule has 2 N–H and O–H groups in total. The van der Waals surface area contributed by atoms with Gasteiger partial charge in [0.25, 0.3) is 0 Å². The Hall–Kier alpha value is -1.59. The van der Waals surface area contributed by atoms with E-state index in [1.54, 1.807) is 0 Å². The normalized spacial score (nSPS) is 20.4. The average molecular weight is 303 g/mol. The number of morpholine rings is 1. The lowest BCUT2D eigenvalue weighted by atomic mass is 10.0. The largest absolute Gasteiger partial charge is 0.379 e. The Labute approximate surface area is 132 Å². The Kier molecular flexibility index (Phi) is 5.29. The van der Waals surface area contributed by atoms with E-state index in [0.717, 1.165) is 32.8 Å². The van der Waals surface area contributed by atoms with Crippen LogP contribution >= 0.6 is 0 Å². The molecule has 5 nitrogen and oxygen atoms in total. The number of nitrogens with zero attached hydrogens (tertiary/aromatic N) is 1. The van der Waals surface area contributed by atoms with Gasteiger partial charge in [-0.05, 0) is 24.3 Å². The zero-order valence-corrected chi connectivity index (χ0v) is 13.0. The van der Waals surface area contributed by atoms with E-state index in [0.29, 0.717) is 12.5 Å². The molecule has 2 amide bonds. The molecule has 1 aromatic carbocycles. The molecule has 0 bridgehead atoms. The fourth-order valence-corrected chi connectivity index (χ4v) is 2.83. The van der Waals surface area contributed by atoms with Crippen molar-refractivity contribution < 1.29 is 9.53 Å². The summed E-state index contributed by atoms with van der Waals surface area (Å²) in [6.45, 7) is 4.77. The van der Waals surface area contributed by atoms with Crippen LogP contribution in [0.15, 0.2) is 30.3 Å². The highest BCUT2D eigenvalue weighted by atomic mass is 16.5. The van der Waals surface area contributed by atoms with Crippen molar-refractivity contribution in [1.29, 1.82) is 0 Å². The van der Waals surface area contributed by atoms with Crippen LogP contribution < -0.4 is 10.6 Å². The fraction of sp³-hybridized carbons (Fsp3) is 0.588. The molecule has 1 aliphatic carbocycles. The molecule has 22 heavy (non-hydrogen) atoms. The maximum Gasteiger partial charge on any atom is 0.314 e. The predicted molar refractivity (Wildman–Crippen MR) is 85.7 cm³/mol. The molecule has 1 saturated carbocycles. The van der Waals surface area contributed by atoms with Crippen molar-refractivity contribution in [3.05, 3.63) is 35.9 Å². The molecule has 1 saturated heterocycles. The second-order valence-corrected chi connectivity index (χ2v) is 6.11. The predicted octanol–water partition coefficient (Wildman–Crippen LogP) is 1.77. The SMILES string of the molecule is O=C(NCC1CC1)NC[C@@H](c1ccccc1)N1CCOCC1. The Morgan fingerprint density at radius 1 is 1.18 bits per heavy atom. The van der Waals surface area contributed by atoms with Crippen molar-refractivity contribution in [2.45, 2.75) is 18.9 Å². The maximum atomic E-state index is 11.9. The quantitative estimate of drug-likeness (QED) is 0.842. The smallest absolute Gasteiger partial charge is 0.314 e. The van der Waals surface area contributed by atoms with Crippen LogP contribution in [-0.4, -0.2) is 50.3 Å². The van der Waals surface area contributed by atoms with Crippen LogP contribution in [-0.2, 0) is 4.74 Å². The van der Waals surface area contributed by atoms with Crippen molar-refractivity contribution in [2.24, 2.45) is 5.92 Å². The molecule has 2 fully saturated rings. The van der Waals surface area contributed by atoms with E-state index in [2.05, 4.69) is 39.8 Å². The van der Waals surface area contributed by atoms with Crippen molar-refractivity contribution in [2.75, 3.05) is 39.4 Å². The van der Waals surface area contributed by atoms with E-state index in [9.17, 15) is 4.79 Å². The Morgan fingerprint density at radius 2 is 1.91 bits per heavy atom. The molecule has 1 aliphatic heterocycles. The van der Waals surface area contributed by atoms with E-state index in [4.69, 9.17) is 4.74 Å². The molecule has 0 unspecified atom stereocenters. The summed E-state index contributed by atoms with van der Waals surface area (Å²) in [5, 5.41) is 5.99. The fourth-order valence-electron chi connectivity index (χ4n) is 2.83. The molecule has 0 spiro atoms. The van der Waals surface area contributed by atoms with Gasteiger partial charge in [-0.3, -0.25) is 4.90 Å². The zero-order chi connectivity index (χ0) is 15.2. The first kappa shape index (κ1) is 15.3. The molecule has 1 heterocycles. The Balaban J connectivity index is 1.56. The zero-order valence-electron chi connectivity index (χ0n) is 13.0. The summed E-state index contributed by atoms with van der Waals surface area (Å²) in [6, 6.07) is 10.5. The summed E-state index contributed by atoms with van der Waals surface area (Å²) in [7, 11) is 0. The van der Waals surface area contributed by atoms with Crippen molar-refractivity contribution in [3.8, 4) is 0 Å². The lowest BCUT2D eigenvalue weighted by Crippen LogP contribution is -2.46. The summed E-state index contributed by atoms with van der Waals surface area (Å²) in [6.07, 6.45) is 2.50. The van der Waals surface area contributed by atoms with Gasteiger partial charge in [-0.15, -0.1) is 0 Å². The van der Waals surface area contributed by atoms with Gasteiger partial charge in [-0.25, -0.2) is 4.79 Å². The molecule has 120 valence electrons. The first-order valence-corrected chi connectivity index (χ1v) is 8.21. The highest BCUT2D eigenvalue weighted by Crippen LogP contribution is 2.27. The van der Waals surface area contributed by atoms with Gasteiger partial charge in [0.15, 0.2) is 0 Å². The minimum atomic E-state index is -0.0545. The van der Waals surface area contributed by atoms with E-state index in [1.165, 1.54) is 18.4 Å². The minimum Gasteiger partial charge on any atom is -0.379 e. The number of urea groups is 1. The molecular formula is C17H25N3O2. The van der Waals surface area contributed by atoms with E-state index < -0.39 is 0 Å². The van der Waals surface area contributed by atoms with E-state index >= 15 is 0 Å². The number of amides is 2. The maximum absolute atomic E-state index is 11.9. The number of rotatable bonds is 6. The number of ether oxygens (including phenoxy) is 1. The van der Waals surface area contributed by atoms with Gasteiger partial charge >= 0.3 is 6.03 Å². The number of hydrogen-bond donors (Lipinski definition) is 2. The van der Waals surface area contributed by atoms with Crippen LogP contribution in [0.1, 0.15) is 24.4 Å². The highest BCUT2D eigenvalue weighted by Gasteiger charge is 2.24. The number of carbonyl (C=O) groups excluding carboxylic acids is 1. The number of hydrogen-bond acceptors (Lipinski definition) is 3. The first-order chi connectivity index (χ1) is 10.8. The second-order valence-electron chi connectivity index (χ2n) is 6.11. The first-order valence-electron chi connectivity index (χ1n) is 8.21. The number of nitrogens with one attached hydrogen (secondary N) is 2. The third kappa shape index (κ3) is 4.45. The van der Waals surface area contributed by atoms with Crippen LogP contribution in [0.2, 0.25) is 0 Å². The van der Waals surface area contributed by atoms with E-state index in [-0.39, 0.29) is 12.1 Å². The third-order valence-corrected chi connectivity index (χ3v) is 4.37. The molecule has 0 radical (unpaired) electrons. The summed E-state index contributed by atoms with van der Waals surface area (Å²) in [5.74, 6) is 0.704. The van der Waals surface area contributed by atoms with Crippen LogP contribution in [0, 0.1) is 5.92 Å². The standard InChI is InChI=1S/C17H25N3O2/c21-17(18-12-14-6-7-14)19-13-16(15-4-2-1-3-5-15)20-8-10-22-11-9-20/h1-5,14,16H,6-13H2,(H2,18,19,21)/t16-/m0/s1. The lowest BCUT2D eigenvalue weighted by molar-refractivity contribution is 0.0167. The van der Waals surface area contributed by atoms with Gasteiger partial charge in [-0.2, -0.15) is 0 Å². The van der Waals surface area contributed by atoms with Gasteiger partial charge < -0.3 is 15.4 Å². The summed E-state index contributed by atoms with van der Waals surface area (Å²) in [4.78, 5) is 14.3. The molecule has 2 aliphatic rings. The highest BCUT2D eigenvalue weighted by molar-refractivity contribution is 5.73. The molecule has 1 aromatic rings.